The van der Waals surface area contributed by atoms with E-state index >= 15 is 0 Å². The lowest BCUT2D eigenvalue weighted by atomic mass is 10.2. The lowest BCUT2D eigenvalue weighted by Gasteiger charge is -2.08. The zero-order valence-electron chi connectivity index (χ0n) is 10.4. The number of hydrogen-bond donors (Lipinski definition) is 0. The number of pyridine rings is 1. The van der Waals surface area contributed by atoms with Crippen molar-refractivity contribution < 1.29 is 4.74 Å². The summed E-state index contributed by atoms with van der Waals surface area (Å²) in [5.41, 5.74) is 1.28. The molecule has 0 aliphatic rings. The molecule has 0 radical (unpaired) electrons. The minimum Gasteiger partial charge on any atom is -0.456 e. The molecule has 3 rings (SSSR count). The van der Waals surface area contributed by atoms with Crippen LogP contribution in [0.25, 0.3) is 10.9 Å². The third-order valence-corrected chi connectivity index (χ3v) is 3.10. The Labute approximate surface area is 121 Å². The Morgan fingerprint density at radius 1 is 1.10 bits per heavy atom. The van der Waals surface area contributed by atoms with E-state index in [4.69, 9.17) is 21.6 Å². The van der Waals surface area contributed by atoms with Crippen LogP contribution in [0.4, 0.5) is 0 Å². The fourth-order valence-electron chi connectivity index (χ4n) is 1.91. The second-order valence-electron chi connectivity index (χ2n) is 4.21. The molecule has 0 saturated heterocycles. The van der Waals surface area contributed by atoms with Crippen molar-refractivity contribution >= 4 is 22.5 Å². The molecule has 1 aromatic heterocycles. The largest absolute Gasteiger partial charge is 0.456 e. The number of rotatable bonds is 2. The zero-order valence-corrected chi connectivity index (χ0v) is 11.1. The summed E-state index contributed by atoms with van der Waals surface area (Å²) in [5, 5.41) is 10.6. The minimum atomic E-state index is 0.440. The summed E-state index contributed by atoms with van der Waals surface area (Å²) in [5.74, 6) is 1.06. The lowest BCUT2D eigenvalue weighted by molar-refractivity contribution is 0.482. The standard InChI is InChI=1S/C16H9ClN2O/c17-13-5-3-12(10-18)16(8-13)20-14-6-4-11-2-1-7-19-15(11)9-14/h1-9H. The van der Waals surface area contributed by atoms with E-state index in [0.717, 1.165) is 10.9 Å². The Morgan fingerprint density at radius 2 is 2.00 bits per heavy atom. The Hall–Kier alpha value is -2.57. The highest BCUT2D eigenvalue weighted by molar-refractivity contribution is 6.30. The lowest BCUT2D eigenvalue weighted by Crippen LogP contribution is -1.89. The number of halogens is 1. The van der Waals surface area contributed by atoms with Crippen molar-refractivity contribution in [1.29, 1.82) is 5.26 Å². The van der Waals surface area contributed by atoms with Crippen LogP contribution in [0.1, 0.15) is 5.56 Å². The summed E-state index contributed by atoms with van der Waals surface area (Å²) < 4.78 is 5.74. The molecule has 1 heterocycles. The fraction of sp³-hybridized carbons (Fsp3) is 0. The van der Waals surface area contributed by atoms with Gasteiger partial charge in [0.15, 0.2) is 0 Å². The van der Waals surface area contributed by atoms with E-state index in [1.807, 2.05) is 30.3 Å². The van der Waals surface area contributed by atoms with Crippen LogP contribution >= 0.6 is 11.6 Å². The molecule has 0 aliphatic heterocycles. The number of nitriles is 1. The summed E-state index contributed by atoms with van der Waals surface area (Å²) >= 11 is 5.93. The summed E-state index contributed by atoms with van der Waals surface area (Å²) in [4.78, 5) is 4.27. The van der Waals surface area contributed by atoms with Gasteiger partial charge in [-0.3, -0.25) is 4.98 Å². The first-order chi connectivity index (χ1) is 9.76. The SMILES string of the molecule is N#Cc1ccc(Cl)cc1Oc1ccc2cccnc2c1. The molecule has 0 N–H and O–H groups in total. The molecule has 4 heteroatoms. The molecule has 0 amide bonds. The van der Waals surface area contributed by atoms with Crippen LogP contribution in [0.2, 0.25) is 5.02 Å². The summed E-state index contributed by atoms with van der Waals surface area (Å²) in [7, 11) is 0. The molecule has 20 heavy (non-hydrogen) atoms. The van der Waals surface area contributed by atoms with Gasteiger partial charge in [-0.1, -0.05) is 17.7 Å². The van der Waals surface area contributed by atoms with Gasteiger partial charge in [-0.15, -0.1) is 0 Å². The molecule has 0 atom stereocenters. The molecular formula is C16H9ClN2O. The van der Waals surface area contributed by atoms with E-state index in [1.165, 1.54) is 0 Å². The van der Waals surface area contributed by atoms with Crippen LogP contribution in [-0.2, 0) is 0 Å². The smallest absolute Gasteiger partial charge is 0.146 e. The van der Waals surface area contributed by atoms with Gasteiger partial charge < -0.3 is 4.74 Å². The average Bonchev–Trinajstić information content (AvgIpc) is 2.47. The highest BCUT2D eigenvalue weighted by Crippen LogP contribution is 2.29. The van der Waals surface area contributed by atoms with Crippen molar-refractivity contribution in [2.75, 3.05) is 0 Å². The van der Waals surface area contributed by atoms with Gasteiger partial charge in [0.25, 0.3) is 0 Å². The first-order valence-electron chi connectivity index (χ1n) is 5.98. The van der Waals surface area contributed by atoms with Crippen molar-refractivity contribution in [3.05, 3.63) is 65.3 Å². The van der Waals surface area contributed by atoms with E-state index in [-0.39, 0.29) is 0 Å². The molecule has 0 unspecified atom stereocenters. The van der Waals surface area contributed by atoms with Gasteiger partial charge in [0, 0.05) is 28.7 Å². The molecule has 0 saturated carbocycles. The third-order valence-electron chi connectivity index (χ3n) is 2.87. The Balaban J connectivity index is 2.01. The monoisotopic (exact) mass is 280 g/mol. The van der Waals surface area contributed by atoms with Crippen molar-refractivity contribution in [2.24, 2.45) is 0 Å². The van der Waals surface area contributed by atoms with Gasteiger partial charge >= 0.3 is 0 Å². The van der Waals surface area contributed by atoms with E-state index in [0.29, 0.717) is 22.1 Å². The van der Waals surface area contributed by atoms with Gasteiger partial charge in [0.2, 0.25) is 0 Å². The molecule has 0 bridgehead atoms. The number of hydrogen-bond acceptors (Lipinski definition) is 3. The first kappa shape index (κ1) is 12.5. The highest BCUT2D eigenvalue weighted by atomic mass is 35.5. The second-order valence-corrected chi connectivity index (χ2v) is 4.65. The number of ether oxygens (including phenoxy) is 1. The molecule has 3 nitrogen and oxygen atoms in total. The molecule has 3 aromatic rings. The minimum absolute atomic E-state index is 0.440. The Morgan fingerprint density at radius 3 is 2.85 bits per heavy atom. The van der Waals surface area contributed by atoms with Gasteiger partial charge in [0.05, 0.1) is 11.1 Å². The molecule has 0 spiro atoms. The first-order valence-corrected chi connectivity index (χ1v) is 6.36. The summed E-state index contributed by atoms with van der Waals surface area (Å²) in [6.45, 7) is 0. The Kier molecular flexibility index (Phi) is 3.24. The fourth-order valence-corrected chi connectivity index (χ4v) is 2.07. The molecule has 96 valence electrons. The van der Waals surface area contributed by atoms with Crippen LogP contribution in [0, 0.1) is 11.3 Å². The summed E-state index contributed by atoms with van der Waals surface area (Å²) in [6.07, 6.45) is 1.73. The van der Waals surface area contributed by atoms with Crippen LogP contribution in [0.5, 0.6) is 11.5 Å². The van der Waals surface area contributed by atoms with Gasteiger partial charge in [0.1, 0.15) is 17.6 Å². The predicted molar refractivity (Wildman–Crippen MR) is 78.0 cm³/mol. The maximum atomic E-state index is 9.07. The van der Waals surface area contributed by atoms with Crippen LogP contribution in [0.15, 0.2) is 54.7 Å². The second kappa shape index (κ2) is 5.20. The van der Waals surface area contributed by atoms with Gasteiger partial charge in [-0.2, -0.15) is 5.26 Å². The van der Waals surface area contributed by atoms with Crippen molar-refractivity contribution in [1.82, 2.24) is 4.98 Å². The van der Waals surface area contributed by atoms with Gasteiger partial charge in [-0.25, -0.2) is 0 Å². The van der Waals surface area contributed by atoms with Crippen molar-refractivity contribution in [2.45, 2.75) is 0 Å². The van der Waals surface area contributed by atoms with E-state index in [1.54, 1.807) is 24.4 Å². The Bertz CT molecular complexity index is 824. The van der Waals surface area contributed by atoms with Crippen molar-refractivity contribution in [3.8, 4) is 17.6 Å². The van der Waals surface area contributed by atoms with Crippen LogP contribution in [-0.4, -0.2) is 4.98 Å². The normalized spacial score (nSPS) is 10.2. The van der Waals surface area contributed by atoms with Crippen LogP contribution < -0.4 is 4.74 Å². The summed E-state index contributed by atoms with van der Waals surface area (Å²) in [6, 6.07) is 16.5. The van der Waals surface area contributed by atoms with E-state index in [2.05, 4.69) is 11.1 Å². The molecular weight excluding hydrogens is 272 g/mol. The predicted octanol–water partition coefficient (Wildman–Crippen LogP) is 4.55. The number of benzene rings is 2. The number of aromatic nitrogens is 1. The van der Waals surface area contributed by atoms with Crippen LogP contribution in [0.3, 0.4) is 0 Å². The average molecular weight is 281 g/mol. The van der Waals surface area contributed by atoms with Gasteiger partial charge in [-0.05, 0) is 30.3 Å². The maximum absolute atomic E-state index is 9.07. The zero-order chi connectivity index (χ0) is 13.9. The molecule has 2 aromatic carbocycles. The van der Waals surface area contributed by atoms with Crippen molar-refractivity contribution in [3.63, 3.8) is 0 Å². The number of fused-ring (bicyclic) bond motifs is 1. The third kappa shape index (κ3) is 2.42. The van der Waals surface area contributed by atoms with E-state index in [9.17, 15) is 0 Å². The maximum Gasteiger partial charge on any atom is 0.146 e. The topological polar surface area (TPSA) is 45.9 Å². The quantitative estimate of drug-likeness (QED) is 0.691. The molecule has 0 aliphatic carbocycles. The molecule has 0 fully saturated rings. The van der Waals surface area contributed by atoms with E-state index < -0.39 is 0 Å². The number of nitrogens with zero attached hydrogens (tertiary/aromatic N) is 2. The highest BCUT2D eigenvalue weighted by Gasteiger charge is 2.06.